The van der Waals surface area contributed by atoms with Gasteiger partial charge in [-0.25, -0.2) is 0 Å². The summed E-state index contributed by atoms with van der Waals surface area (Å²) in [6.07, 6.45) is 0. The van der Waals surface area contributed by atoms with Crippen LogP contribution in [-0.4, -0.2) is 19.3 Å². The lowest BCUT2D eigenvalue weighted by Gasteiger charge is -1.92. The number of nitrogens with two attached hydrogens (primary N) is 1. The second kappa shape index (κ2) is 9.48. The Bertz CT molecular complexity index is 391. The van der Waals surface area contributed by atoms with Crippen molar-refractivity contribution in [2.24, 2.45) is 5.73 Å². The van der Waals surface area contributed by atoms with Crippen molar-refractivity contribution in [3.63, 3.8) is 0 Å². The van der Waals surface area contributed by atoms with Crippen molar-refractivity contribution in [1.82, 2.24) is 0 Å². The highest BCUT2D eigenvalue weighted by atomic mass is 35.5. The minimum Gasteiger partial charge on any atom is -0.345 e. The predicted molar refractivity (Wildman–Crippen MR) is 76.1 cm³/mol. The molecule has 0 amide bonds. The summed E-state index contributed by atoms with van der Waals surface area (Å²) in [7, 11) is 5.67. The van der Waals surface area contributed by atoms with E-state index in [-0.39, 0.29) is 19.3 Å². The van der Waals surface area contributed by atoms with E-state index in [1.807, 2.05) is 36.4 Å². The number of hydrogen-bond donors (Lipinski definition) is 1. The maximum Gasteiger partial charge on any atom is 0.505 e. The average Bonchev–Trinajstić information content (AvgIpc) is 2.42. The van der Waals surface area contributed by atoms with Gasteiger partial charge >= 0.3 is 19.3 Å². The lowest BCUT2D eigenvalue weighted by molar-refractivity contribution is 1.07. The van der Waals surface area contributed by atoms with E-state index in [1.165, 1.54) is 11.1 Å². The molecule has 86 valence electrons. The molecule has 3 heteroatoms. The van der Waals surface area contributed by atoms with E-state index < -0.39 is 0 Å². The van der Waals surface area contributed by atoms with Crippen LogP contribution >= 0.6 is 9.07 Å². The van der Waals surface area contributed by atoms with Crippen LogP contribution in [0.5, 0.6) is 0 Å². The van der Waals surface area contributed by atoms with Crippen molar-refractivity contribution < 1.29 is 0 Å². The fraction of sp³-hybridized carbons (Fsp3) is 0.143. The summed E-state index contributed by atoms with van der Waals surface area (Å²) in [6, 6.07) is 20.4. The Kier molecular flexibility index (Phi) is 8.10. The second-order valence-electron chi connectivity index (χ2n) is 3.61. The van der Waals surface area contributed by atoms with Crippen LogP contribution in [0.1, 0.15) is 11.1 Å². The minimum absolute atomic E-state index is 0.312. The molecule has 0 saturated carbocycles. The van der Waals surface area contributed by atoms with Crippen molar-refractivity contribution >= 4 is 28.3 Å². The van der Waals surface area contributed by atoms with Gasteiger partial charge in [-0.3, -0.25) is 0 Å². The summed E-state index contributed by atoms with van der Waals surface area (Å²) in [5, 5.41) is 0. The Balaban J connectivity index is 0.000000171. The smallest absolute Gasteiger partial charge is 0.345 e. The number of rotatable bonds is 3. The second-order valence-corrected chi connectivity index (χ2v) is 5.63. The van der Waals surface area contributed by atoms with Crippen LogP contribution < -0.4 is 5.73 Å². The van der Waals surface area contributed by atoms with Gasteiger partial charge in [-0.1, -0.05) is 70.8 Å². The van der Waals surface area contributed by atoms with Crippen molar-refractivity contribution in [3.05, 3.63) is 71.8 Å². The maximum absolute atomic E-state index is 5.67. The van der Waals surface area contributed by atoms with Crippen LogP contribution in [0.3, 0.4) is 0 Å². The summed E-state index contributed by atoms with van der Waals surface area (Å²) in [5.41, 5.74) is 7.91. The first kappa shape index (κ1) is 14.5. The Hall–Kier alpha value is -0.544. The molecule has 2 rings (SSSR count). The van der Waals surface area contributed by atoms with Gasteiger partial charge in [0.25, 0.3) is 0 Å². The molecule has 0 aliphatic carbocycles. The number of halogens is 1. The fourth-order valence-corrected chi connectivity index (χ4v) is 2.57. The molecule has 0 aliphatic heterocycles. The van der Waals surface area contributed by atoms with Gasteiger partial charge in [0.05, 0.1) is 0 Å². The first-order valence-corrected chi connectivity index (χ1v) is 8.84. The highest BCUT2D eigenvalue weighted by molar-refractivity contribution is 6.93. The average molecular weight is 258 g/mol. The summed E-state index contributed by atoms with van der Waals surface area (Å²) in [5.74, 6) is 0. The quantitative estimate of drug-likeness (QED) is 0.840. The van der Waals surface area contributed by atoms with Crippen molar-refractivity contribution in [2.75, 3.05) is 0 Å². The highest BCUT2D eigenvalue weighted by Gasteiger charge is 1.91. The third kappa shape index (κ3) is 6.69. The zero-order chi connectivity index (χ0) is 12.3. The van der Waals surface area contributed by atoms with Gasteiger partial charge < -0.3 is 14.8 Å². The van der Waals surface area contributed by atoms with Gasteiger partial charge in [0, 0.05) is 6.54 Å². The molecule has 1 nitrogen and oxygen atoms in total. The molecule has 2 aromatic rings. The van der Waals surface area contributed by atoms with Gasteiger partial charge in [-0.05, 0) is 5.56 Å². The van der Waals surface area contributed by atoms with E-state index in [4.69, 9.17) is 14.8 Å². The summed E-state index contributed by atoms with van der Waals surface area (Å²) in [4.78, 5) is 0. The number of hydrogen-bond acceptors (Lipinski definition) is 1. The van der Waals surface area contributed by atoms with E-state index >= 15 is 0 Å². The molecule has 2 N–H and O–H groups in total. The Morgan fingerprint density at radius 2 is 1.29 bits per heavy atom. The standard InChI is InChI=1S/C7H9N.C7H7.ClH.Mg/c8-6-7-4-2-1-3-5-7;1-7-5-3-2-4-6-7;;/h1-5H,6,8H2;2-6H,1H2;1H;/q;;;+1/p-1. The van der Waals surface area contributed by atoms with E-state index in [1.54, 1.807) is 0 Å². The molecule has 0 radical (unpaired) electrons. The zero-order valence-electron chi connectivity index (χ0n) is 9.85. The first-order chi connectivity index (χ1) is 8.36. The van der Waals surface area contributed by atoms with Gasteiger partial charge in [0.2, 0.25) is 0 Å². The molecular formula is C14H16ClMgN. The van der Waals surface area contributed by atoms with Crippen LogP contribution in [0.15, 0.2) is 60.7 Å². The Morgan fingerprint density at radius 3 is 1.65 bits per heavy atom. The van der Waals surface area contributed by atoms with E-state index in [0.29, 0.717) is 6.54 Å². The highest BCUT2D eigenvalue weighted by Crippen LogP contribution is 1.98. The molecule has 2 aromatic carbocycles. The Labute approximate surface area is 116 Å². The summed E-state index contributed by atoms with van der Waals surface area (Å²) in [6.45, 7) is 0.640. The SMILES string of the molecule is NCc1ccccc1.[Cl][Mg][CH2]c1ccccc1. The molecule has 0 aliphatic rings. The van der Waals surface area contributed by atoms with E-state index in [0.717, 1.165) is 4.55 Å². The third-order valence-electron chi connectivity index (χ3n) is 2.30. The van der Waals surface area contributed by atoms with Crippen LogP contribution in [0.2, 0.25) is 0 Å². The molecule has 0 heterocycles. The molecule has 0 atom stereocenters. The molecule has 0 saturated heterocycles. The van der Waals surface area contributed by atoms with Crippen molar-refractivity contribution in [1.29, 1.82) is 0 Å². The monoisotopic (exact) mass is 257 g/mol. The largest absolute Gasteiger partial charge is 0.505 e. The summed E-state index contributed by atoms with van der Waals surface area (Å²) < 4.78 is 1.11. The summed E-state index contributed by atoms with van der Waals surface area (Å²) >= 11 is -0.312. The molecule has 17 heavy (non-hydrogen) atoms. The lowest BCUT2D eigenvalue weighted by atomic mass is 10.2. The normalized spacial score (nSPS) is 8.82. The molecule has 0 unspecified atom stereocenters. The van der Waals surface area contributed by atoms with Crippen LogP contribution in [0.4, 0.5) is 0 Å². The van der Waals surface area contributed by atoms with Gasteiger partial charge in [-0.2, -0.15) is 0 Å². The molecule has 0 aromatic heterocycles. The zero-order valence-corrected chi connectivity index (χ0v) is 12.0. The number of benzene rings is 2. The van der Waals surface area contributed by atoms with Crippen LogP contribution in [0.25, 0.3) is 0 Å². The molecular weight excluding hydrogens is 242 g/mol. The fourth-order valence-electron chi connectivity index (χ4n) is 1.37. The molecule has 0 spiro atoms. The Morgan fingerprint density at radius 1 is 0.824 bits per heavy atom. The molecule has 0 fully saturated rings. The first-order valence-electron chi connectivity index (χ1n) is 5.70. The van der Waals surface area contributed by atoms with Gasteiger partial charge in [0.1, 0.15) is 0 Å². The van der Waals surface area contributed by atoms with Crippen LogP contribution in [-0.2, 0) is 11.1 Å². The van der Waals surface area contributed by atoms with Crippen molar-refractivity contribution in [3.8, 4) is 0 Å². The lowest BCUT2D eigenvalue weighted by Crippen LogP contribution is -1.94. The van der Waals surface area contributed by atoms with E-state index in [9.17, 15) is 0 Å². The maximum atomic E-state index is 5.67. The van der Waals surface area contributed by atoms with Crippen LogP contribution in [0, 0.1) is 0 Å². The van der Waals surface area contributed by atoms with E-state index in [2.05, 4.69) is 24.3 Å². The third-order valence-corrected chi connectivity index (χ3v) is 3.64. The van der Waals surface area contributed by atoms with Gasteiger partial charge in [0.15, 0.2) is 0 Å². The van der Waals surface area contributed by atoms with Gasteiger partial charge in [-0.15, -0.1) is 0 Å². The predicted octanol–water partition coefficient (Wildman–Crippen LogP) is 3.19. The topological polar surface area (TPSA) is 26.0 Å². The minimum atomic E-state index is -0.312. The van der Waals surface area contributed by atoms with Crippen molar-refractivity contribution in [2.45, 2.75) is 11.1 Å². The molecule has 0 bridgehead atoms.